The van der Waals surface area contributed by atoms with Crippen LogP contribution in [0.1, 0.15) is 40.8 Å². The first kappa shape index (κ1) is 17.1. The smallest absolute Gasteiger partial charge is 0.147 e. The molecule has 26 heavy (non-hydrogen) atoms. The minimum absolute atomic E-state index is 0.00685. The van der Waals surface area contributed by atoms with Crippen LogP contribution in [0.15, 0.2) is 71.6 Å². The second-order valence-electron chi connectivity index (χ2n) is 6.67. The summed E-state index contributed by atoms with van der Waals surface area (Å²) in [5.41, 5.74) is 4.48. The number of benzene rings is 2. The monoisotopic (exact) mass is 362 g/mol. The summed E-state index contributed by atoms with van der Waals surface area (Å²) in [7, 11) is 0. The molecule has 0 bridgehead atoms. The van der Waals surface area contributed by atoms with Gasteiger partial charge in [-0.3, -0.25) is 0 Å². The quantitative estimate of drug-likeness (QED) is 0.639. The molecule has 0 amide bonds. The molecule has 4 rings (SSSR count). The van der Waals surface area contributed by atoms with Crippen molar-refractivity contribution < 1.29 is 9.84 Å². The van der Waals surface area contributed by atoms with E-state index in [1.807, 2.05) is 36.6 Å². The Kier molecular flexibility index (Phi) is 4.66. The van der Waals surface area contributed by atoms with Gasteiger partial charge in [0.05, 0.1) is 11.0 Å². The summed E-state index contributed by atoms with van der Waals surface area (Å²) in [4.78, 5) is 1.05. The molecule has 132 valence electrons. The van der Waals surface area contributed by atoms with Crippen molar-refractivity contribution in [1.82, 2.24) is 0 Å². The zero-order valence-corrected chi connectivity index (χ0v) is 15.8. The molecule has 2 atom stereocenters. The molecular formula is C23H22O2S. The Balaban J connectivity index is 1.97. The molecule has 0 saturated carbocycles. The fraction of sp³-hybridized carbons (Fsp3) is 0.217. The van der Waals surface area contributed by atoms with Crippen LogP contribution in [0.5, 0.6) is 5.75 Å². The van der Waals surface area contributed by atoms with E-state index in [9.17, 15) is 5.11 Å². The minimum Gasteiger partial charge on any atom is -0.455 e. The zero-order chi connectivity index (χ0) is 18.1. The Morgan fingerprint density at radius 3 is 2.50 bits per heavy atom. The zero-order valence-electron chi connectivity index (χ0n) is 15.0. The molecule has 1 aliphatic heterocycles. The lowest BCUT2D eigenvalue weighted by atomic mass is 9.79. The van der Waals surface area contributed by atoms with Gasteiger partial charge in [0.15, 0.2) is 0 Å². The summed E-state index contributed by atoms with van der Waals surface area (Å²) >= 11 is 1.64. The Hall–Kier alpha value is -2.36. The van der Waals surface area contributed by atoms with Gasteiger partial charge in [-0.15, -0.1) is 11.3 Å². The van der Waals surface area contributed by atoms with Gasteiger partial charge in [0.1, 0.15) is 11.5 Å². The fourth-order valence-electron chi connectivity index (χ4n) is 3.56. The number of ether oxygens (including phenoxy) is 1. The maximum Gasteiger partial charge on any atom is 0.147 e. The van der Waals surface area contributed by atoms with E-state index in [0.29, 0.717) is 6.42 Å². The van der Waals surface area contributed by atoms with Crippen LogP contribution in [0.25, 0.3) is 5.76 Å². The predicted octanol–water partition coefficient (Wildman–Crippen LogP) is 5.76. The van der Waals surface area contributed by atoms with E-state index >= 15 is 0 Å². The van der Waals surface area contributed by atoms with Crippen LogP contribution in [0.2, 0.25) is 0 Å². The van der Waals surface area contributed by atoms with Crippen molar-refractivity contribution in [3.63, 3.8) is 0 Å². The number of aliphatic hydroxyl groups excluding tert-OH is 1. The average molecular weight is 362 g/mol. The molecule has 0 radical (unpaired) electrons. The van der Waals surface area contributed by atoms with Crippen LogP contribution in [0, 0.1) is 6.92 Å². The molecule has 0 aliphatic carbocycles. The number of thiophene rings is 1. The third-order valence-electron chi connectivity index (χ3n) is 4.92. The number of fused-ring (bicyclic) bond motifs is 1. The van der Waals surface area contributed by atoms with Gasteiger partial charge < -0.3 is 9.84 Å². The maximum absolute atomic E-state index is 10.9. The molecule has 1 aliphatic rings. The molecule has 0 fully saturated rings. The lowest BCUT2D eigenvalue weighted by Crippen LogP contribution is -2.24. The number of hydrogen-bond donors (Lipinski definition) is 1. The SMILES string of the molecule is CC[C@H](O)C1=C(c2cccs2)Oc2ccccc2[C@@H]1c1ccc(C)cc1. The van der Waals surface area contributed by atoms with Crippen molar-refractivity contribution in [2.24, 2.45) is 0 Å². The topological polar surface area (TPSA) is 29.5 Å². The second kappa shape index (κ2) is 7.10. The number of para-hydroxylation sites is 1. The fourth-order valence-corrected chi connectivity index (χ4v) is 4.29. The normalized spacial score (nSPS) is 17.6. The van der Waals surface area contributed by atoms with Gasteiger partial charge in [-0.05, 0) is 36.4 Å². The van der Waals surface area contributed by atoms with Crippen LogP contribution >= 0.6 is 11.3 Å². The molecule has 3 heteroatoms. The van der Waals surface area contributed by atoms with E-state index in [1.165, 1.54) is 11.1 Å². The highest BCUT2D eigenvalue weighted by Gasteiger charge is 2.34. The third kappa shape index (κ3) is 2.98. The number of rotatable bonds is 4. The van der Waals surface area contributed by atoms with E-state index in [1.54, 1.807) is 11.3 Å². The van der Waals surface area contributed by atoms with Crippen molar-refractivity contribution in [2.45, 2.75) is 32.3 Å². The Morgan fingerprint density at radius 2 is 1.81 bits per heavy atom. The van der Waals surface area contributed by atoms with Crippen LogP contribution in [0.3, 0.4) is 0 Å². The molecule has 2 nitrogen and oxygen atoms in total. The summed E-state index contributed by atoms with van der Waals surface area (Å²) < 4.78 is 6.32. The van der Waals surface area contributed by atoms with Crippen molar-refractivity contribution in [3.05, 3.63) is 93.2 Å². The summed E-state index contributed by atoms with van der Waals surface area (Å²) in [5.74, 6) is 1.67. The molecule has 0 spiro atoms. The van der Waals surface area contributed by atoms with Gasteiger partial charge in [-0.1, -0.05) is 61.0 Å². The van der Waals surface area contributed by atoms with Crippen molar-refractivity contribution in [3.8, 4) is 5.75 Å². The second-order valence-corrected chi connectivity index (χ2v) is 7.62. The minimum atomic E-state index is -0.549. The largest absolute Gasteiger partial charge is 0.455 e. The molecule has 2 aromatic carbocycles. The van der Waals surface area contributed by atoms with Crippen molar-refractivity contribution >= 4 is 17.1 Å². The first-order valence-electron chi connectivity index (χ1n) is 8.98. The molecular weight excluding hydrogens is 340 g/mol. The van der Waals surface area contributed by atoms with Gasteiger partial charge in [-0.2, -0.15) is 0 Å². The van der Waals surface area contributed by atoms with Gasteiger partial charge in [-0.25, -0.2) is 0 Å². The molecule has 0 unspecified atom stereocenters. The Morgan fingerprint density at radius 1 is 1.04 bits per heavy atom. The number of aryl methyl sites for hydroxylation is 1. The van der Waals surface area contributed by atoms with E-state index in [4.69, 9.17) is 4.74 Å². The molecule has 1 N–H and O–H groups in total. The van der Waals surface area contributed by atoms with Gasteiger partial charge in [0, 0.05) is 17.1 Å². The number of aliphatic hydroxyl groups is 1. The maximum atomic E-state index is 10.9. The highest BCUT2D eigenvalue weighted by atomic mass is 32.1. The lowest BCUT2D eigenvalue weighted by molar-refractivity contribution is 0.197. The van der Waals surface area contributed by atoms with Gasteiger partial charge in [0.25, 0.3) is 0 Å². The van der Waals surface area contributed by atoms with Gasteiger partial charge in [0.2, 0.25) is 0 Å². The average Bonchev–Trinajstić information content (AvgIpc) is 3.21. The van der Waals surface area contributed by atoms with Crippen molar-refractivity contribution in [1.29, 1.82) is 0 Å². The van der Waals surface area contributed by atoms with Crippen LogP contribution in [-0.4, -0.2) is 11.2 Å². The van der Waals surface area contributed by atoms with E-state index in [-0.39, 0.29) is 5.92 Å². The summed E-state index contributed by atoms with van der Waals surface area (Å²) in [6.45, 7) is 4.10. The molecule has 0 saturated heterocycles. The van der Waals surface area contributed by atoms with Crippen molar-refractivity contribution in [2.75, 3.05) is 0 Å². The highest BCUT2D eigenvalue weighted by molar-refractivity contribution is 7.11. The highest BCUT2D eigenvalue weighted by Crippen LogP contribution is 2.47. The van der Waals surface area contributed by atoms with Crippen LogP contribution in [-0.2, 0) is 0 Å². The summed E-state index contributed by atoms with van der Waals surface area (Å²) in [6.07, 6.45) is 0.102. The Labute approximate surface area is 158 Å². The molecule has 3 aromatic rings. The summed E-state index contributed by atoms with van der Waals surface area (Å²) in [5, 5.41) is 13.0. The Bertz CT molecular complexity index is 923. The van der Waals surface area contributed by atoms with E-state index in [2.05, 4.69) is 43.3 Å². The van der Waals surface area contributed by atoms with Crippen LogP contribution in [0.4, 0.5) is 0 Å². The molecule has 2 heterocycles. The number of hydrogen-bond acceptors (Lipinski definition) is 3. The predicted molar refractivity (Wildman–Crippen MR) is 108 cm³/mol. The third-order valence-corrected chi connectivity index (χ3v) is 5.79. The molecule has 1 aromatic heterocycles. The standard InChI is InChI=1S/C23H22O2S/c1-3-18(24)22-21(16-12-10-15(2)11-13-16)17-7-4-5-8-19(17)25-23(22)20-9-6-14-26-20/h4-14,18,21,24H,3H2,1-2H3/t18-,21-/m0/s1. The van der Waals surface area contributed by atoms with E-state index < -0.39 is 6.10 Å². The first-order valence-corrected chi connectivity index (χ1v) is 9.86. The summed E-state index contributed by atoms with van der Waals surface area (Å²) in [6, 6.07) is 20.8. The van der Waals surface area contributed by atoms with Crippen LogP contribution < -0.4 is 4.74 Å². The lowest BCUT2D eigenvalue weighted by Gasteiger charge is -2.33. The van der Waals surface area contributed by atoms with E-state index in [0.717, 1.165) is 27.5 Å². The van der Waals surface area contributed by atoms with Gasteiger partial charge >= 0.3 is 0 Å². The first-order chi connectivity index (χ1) is 12.7.